The smallest absolute Gasteiger partial charge is 0.320 e. The van der Waals surface area contributed by atoms with Crippen molar-refractivity contribution in [3.63, 3.8) is 0 Å². The van der Waals surface area contributed by atoms with E-state index >= 15 is 0 Å². The lowest BCUT2D eigenvalue weighted by Gasteiger charge is -2.20. The Balaban J connectivity index is 1.94. The van der Waals surface area contributed by atoms with Crippen LogP contribution in [0.2, 0.25) is 0 Å². The number of anilines is 2. The van der Waals surface area contributed by atoms with Crippen LogP contribution in [0.5, 0.6) is 0 Å². The molecule has 0 aliphatic carbocycles. The molecule has 8 heteroatoms. The van der Waals surface area contributed by atoms with E-state index in [0.717, 1.165) is 26.2 Å². The number of carbonyl (C=O) groups is 1. The fourth-order valence-corrected chi connectivity index (χ4v) is 2.87. The summed E-state index contributed by atoms with van der Waals surface area (Å²) in [6, 6.07) is -0.316. The van der Waals surface area contributed by atoms with Gasteiger partial charge >= 0.3 is 6.03 Å². The van der Waals surface area contributed by atoms with E-state index in [1.165, 1.54) is 38.2 Å². The van der Waals surface area contributed by atoms with Crippen molar-refractivity contribution >= 4 is 23.9 Å². The van der Waals surface area contributed by atoms with Crippen molar-refractivity contribution in [3.8, 4) is 0 Å². The largest absolute Gasteiger partial charge is 0.368 e. The van der Waals surface area contributed by atoms with Gasteiger partial charge < -0.3 is 20.9 Å². The van der Waals surface area contributed by atoms with Crippen LogP contribution in [0.25, 0.3) is 0 Å². The number of likely N-dealkylation sites (tertiary alicyclic amines) is 1. The quantitative estimate of drug-likeness (QED) is 0.566. The van der Waals surface area contributed by atoms with Gasteiger partial charge in [-0.3, -0.25) is 5.32 Å². The standard InChI is InChI=1S/C17H29N7O/c1-13(2)22-17(25)23-16-14(11-18)15(20-12-21-16)19-7-10-24-8-5-3-4-6-9-24/h11-13,18H,3-10H2,1-2H3,(H3,19,20,21,22,23,25). The zero-order valence-corrected chi connectivity index (χ0v) is 15.1. The summed E-state index contributed by atoms with van der Waals surface area (Å²) in [5.74, 6) is 0.903. The molecule has 2 heterocycles. The van der Waals surface area contributed by atoms with Crippen LogP contribution >= 0.6 is 0 Å². The maximum absolute atomic E-state index is 11.9. The molecule has 0 spiro atoms. The number of rotatable bonds is 7. The lowest BCUT2D eigenvalue weighted by atomic mass is 10.2. The van der Waals surface area contributed by atoms with Gasteiger partial charge in [-0.15, -0.1) is 0 Å². The molecule has 0 atom stereocenters. The molecule has 138 valence electrons. The average molecular weight is 347 g/mol. The zero-order valence-electron chi connectivity index (χ0n) is 15.1. The van der Waals surface area contributed by atoms with Crippen molar-refractivity contribution in [2.45, 2.75) is 45.6 Å². The second-order valence-corrected chi connectivity index (χ2v) is 6.56. The molecule has 2 amide bonds. The Bertz CT molecular complexity index is 568. The van der Waals surface area contributed by atoms with Gasteiger partial charge in [-0.05, 0) is 39.8 Å². The maximum Gasteiger partial charge on any atom is 0.320 e. The van der Waals surface area contributed by atoms with Gasteiger partial charge in [0.2, 0.25) is 0 Å². The molecule has 1 aliphatic heterocycles. The van der Waals surface area contributed by atoms with Gasteiger partial charge in [-0.1, -0.05) is 12.8 Å². The molecule has 4 N–H and O–H groups in total. The first kappa shape index (κ1) is 19.1. The van der Waals surface area contributed by atoms with E-state index in [4.69, 9.17) is 5.41 Å². The highest BCUT2D eigenvalue weighted by Gasteiger charge is 2.13. The van der Waals surface area contributed by atoms with Crippen LogP contribution in [0, 0.1) is 5.41 Å². The Morgan fingerprint density at radius 1 is 1.24 bits per heavy atom. The molecule has 1 aliphatic rings. The second-order valence-electron chi connectivity index (χ2n) is 6.56. The highest BCUT2D eigenvalue weighted by Crippen LogP contribution is 2.17. The molecule has 0 unspecified atom stereocenters. The Morgan fingerprint density at radius 2 is 1.92 bits per heavy atom. The van der Waals surface area contributed by atoms with Crippen LogP contribution in [0.1, 0.15) is 45.1 Å². The number of nitrogens with zero attached hydrogens (tertiary/aromatic N) is 3. The number of hydrogen-bond donors (Lipinski definition) is 4. The summed E-state index contributed by atoms with van der Waals surface area (Å²) >= 11 is 0. The Morgan fingerprint density at radius 3 is 2.56 bits per heavy atom. The minimum atomic E-state index is -0.340. The molecule has 0 bridgehead atoms. The summed E-state index contributed by atoms with van der Waals surface area (Å²) in [6.07, 6.45) is 7.73. The summed E-state index contributed by atoms with van der Waals surface area (Å²) in [5.41, 5.74) is 0.484. The van der Waals surface area contributed by atoms with Crippen LogP contribution in [-0.4, -0.2) is 59.3 Å². The van der Waals surface area contributed by atoms with Crippen molar-refractivity contribution in [1.29, 1.82) is 5.41 Å². The molecule has 8 nitrogen and oxygen atoms in total. The highest BCUT2D eigenvalue weighted by atomic mass is 16.2. The van der Waals surface area contributed by atoms with Crippen molar-refractivity contribution < 1.29 is 4.79 Å². The third kappa shape index (κ3) is 6.30. The first-order valence-corrected chi connectivity index (χ1v) is 8.99. The van der Waals surface area contributed by atoms with Gasteiger partial charge in [-0.25, -0.2) is 14.8 Å². The van der Waals surface area contributed by atoms with Gasteiger partial charge in [0.25, 0.3) is 0 Å². The number of amides is 2. The number of nitrogens with one attached hydrogen (secondary N) is 4. The monoisotopic (exact) mass is 347 g/mol. The molecule has 1 aromatic heterocycles. The molecule has 25 heavy (non-hydrogen) atoms. The third-order valence-corrected chi connectivity index (χ3v) is 4.10. The van der Waals surface area contributed by atoms with Crippen molar-refractivity contribution in [3.05, 3.63) is 11.9 Å². The van der Waals surface area contributed by atoms with Crippen LogP contribution in [-0.2, 0) is 0 Å². The van der Waals surface area contributed by atoms with Crippen molar-refractivity contribution in [1.82, 2.24) is 20.2 Å². The van der Waals surface area contributed by atoms with E-state index in [2.05, 4.69) is 30.8 Å². The van der Waals surface area contributed by atoms with E-state index in [-0.39, 0.29) is 12.1 Å². The third-order valence-electron chi connectivity index (χ3n) is 4.10. The SMILES string of the molecule is CC(C)NC(=O)Nc1ncnc(NCCN2CCCCCC2)c1C=N. The van der Waals surface area contributed by atoms with Gasteiger partial charge in [0, 0.05) is 25.3 Å². The van der Waals surface area contributed by atoms with Crippen LogP contribution in [0.4, 0.5) is 16.4 Å². The first-order chi connectivity index (χ1) is 12.1. The van der Waals surface area contributed by atoms with E-state index in [1.807, 2.05) is 13.8 Å². The Kier molecular flexibility index (Phi) is 7.59. The number of hydrogen-bond acceptors (Lipinski definition) is 6. The molecule has 2 rings (SSSR count). The van der Waals surface area contributed by atoms with E-state index in [1.54, 1.807) is 0 Å². The predicted octanol–water partition coefficient (Wildman–Crippen LogP) is 2.29. The topological polar surface area (TPSA) is 106 Å². The molecule has 0 radical (unpaired) electrons. The Hall–Kier alpha value is -2.22. The van der Waals surface area contributed by atoms with E-state index < -0.39 is 0 Å². The summed E-state index contributed by atoms with van der Waals surface area (Å²) < 4.78 is 0. The van der Waals surface area contributed by atoms with Gasteiger partial charge in [-0.2, -0.15) is 0 Å². The lowest BCUT2D eigenvalue weighted by molar-refractivity contribution is 0.250. The molecule has 1 fully saturated rings. The van der Waals surface area contributed by atoms with E-state index in [9.17, 15) is 4.79 Å². The van der Waals surface area contributed by atoms with Crippen LogP contribution in [0.15, 0.2) is 6.33 Å². The summed E-state index contributed by atoms with van der Waals surface area (Å²) in [6.45, 7) is 7.74. The number of urea groups is 1. The number of carbonyl (C=O) groups excluding carboxylic acids is 1. The molecule has 0 aromatic carbocycles. The maximum atomic E-state index is 11.9. The van der Waals surface area contributed by atoms with Gasteiger partial charge in [0.15, 0.2) is 0 Å². The van der Waals surface area contributed by atoms with Crippen molar-refractivity contribution in [2.24, 2.45) is 0 Å². The minimum absolute atomic E-state index is 0.0245. The van der Waals surface area contributed by atoms with Gasteiger partial charge in [0.1, 0.15) is 18.0 Å². The fraction of sp³-hybridized carbons (Fsp3) is 0.647. The summed E-state index contributed by atoms with van der Waals surface area (Å²) in [4.78, 5) is 22.6. The second kappa shape index (κ2) is 9.93. The average Bonchev–Trinajstić information content (AvgIpc) is 2.83. The van der Waals surface area contributed by atoms with Gasteiger partial charge in [0.05, 0.1) is 5.56 Å². The molecular formula is C17H29N7O. The van der Waals surface area contributed by atoms with Crippen LogP contribution in [0.3, 0.4) is 0 Å². The van der Waals surface area contributed by atoms with Crippen LogP contribution < -0.4 is 16.0 Å². The van der Waals surface area contributed by atoms with E-state index in [0.29, 0.717) is 17.2 Å². The zero-order chi connectivity index (χ0) is 18.1. The minimum Gasteiger partial charge on any atom is -0.368 e. The lowest BCUT2D eigenvalue weighted by Crippen LogP contribution is -2.34. The van der Waals surface area contributed by atoms with Crippen molar-refractivity contribution in [2.75, 3.05) is 36.8 Å². The summed E-state index contributed by atoms with van der Waals surface area (Å²) in [5, 5.41) is 16.3. The number of aromatic nitrogens is 2. The predicted molar refractivity (Wildman–Crippen MR) is 101 cm³/mol. The molecule has 1 aromatic rings. The molecular weight excluding hydrogens is 318 g/mol. The first-order valence-electron chi connectivity index (χ1n) is 8.99. The molecule has 1 saturated heterocycles. The Labute approximate surface area is 149 Å². The fourth-order valence-electron chi connectivity index (χ4n) is 2.87. The highest BCUT2D eigenvalue weighted by molar-refractivity contribution is 5.97. The molecule has 0 saturated carbocycles. The summed E-state index contributed by atoms with van der Waals surface area (Å²) in [7, 11) is 0. The normalized spacial score (nSPS) is 15.5.